The molecule has 222 valence electrons. The van der Waals surface area contributed by atoms with Gasteiger partial charge in [0.2, 0.25) is 0 Å². The van der Waals surface area contributed by atoms with Crippen LogP contribution in [0.25, 0.3) is 12.2 Å². The minimum atomic E-state index is -0.954. The highest BCUT2D eigenvalue weighted by Gasteiger charge is 2.23. The SMILES string of the molecule is CCCc1ccc2c(c1)C=Cc1ccc(Cc3ccccc3)cc1C2OCCOc1ccc(CC(OCC)C(=O)O)cc1. The molecule has 5 rings (SSSR count). The molecule has 5 heteroatoms. The second kappa shape index (κ2) is 14.8. The summed E-state index contributed by atoms with van der Waals surface area (Å²) in [5, 5.41) is 9.36. The molecule has 0 aliphatic heterocycles. The van der Waals surface area contributed by atoms with Crippen LogP contribution >= 0.6 is 0 Å². The third-order valence-electron chi connectivity index (χ3n) is 7.72. The first-order valence-electron chi connectivity index (χ1n) is 15.2. The van der Waals surface area contributed by atoms with E-state index in [0.29, 0.717) is 32.0 Å². The number of fused-ring (bicyclic) bond motifs is 2. The molecule has 0 radical (unpaired) electrons. The number of hydrogen-bond acceptors (Lipinski definition) is 4. The lowest BCUT2D eigenvalue weighted by Gasteiger charge is -2.22. The number of aryl methyl sites for hydroxylation is 1. The van der Waals surface area contributed by atoms with Gasteiger partial charge in [-0.25, -0.2) is 4.79 Å². The second-order valence-electron chi connectivity index (χ2n) is 10.9. The van der Waals surface area contributed by atoms with E-state index in [1.807, 2.05) is 30.3 Å². The Balaban J connectivity index is 1.30. The zero-order chi connectivity index (χ0) is 30.0. The van der Waals surface area contributed by atoms with Gasteiger partial charge in [0.25, 0.3) is 0 Å². The van der Waals surface area contributed by atoms with Gasteiger partial charge in [-0.2, -0.15) is 0 Å². The Labute approximate surface area is 254 Å². The molecule has 0 saturated carbocycles. The van der Waals surface area contributed by atoms with E-state index in [4.69, 9.17) is 14.2 Å². The van der Waals surface area contributed by atoms with Gasteiger partial charge in [0, 0.05) is 13.0 Å². The molecule has 0 aromatic heterocycles. The van der Waals surface area contributed by atoms with Gasteiger partial charge in [0.1, 0.15) is 18.5 Å². The summed E-state index contributed by atoms with van der Waals surface area (Å²) >= 11 is 0. The van der Waals surface area contributed by atoms with E-state index in [-0.39, 0.29) is 6.10 Å². The Hall–Kier alpha value is -4.19. The van der Waals surface area contributed by atoms with Gasteiger partial charge < -0.3 is 19.3 Å². The maximum absolute atomic E-state index is 11.4. The van der Waals surface area contributed by atoms with Crippen LogP contribution in [0, 0.1) is 0 Å². The average molecular weight is 577 g/mol. The van der Waals surface area contributed by atoms with Crippen molar-refractivity contribution < 1.29 is 24.1 Å². The van der Waals surface area contributed by atoms with Crippen molar-refractivity contribution in [2.75, 3.05) is 19.8 Å². The van der Waals surface area contributed by atoms with Crippen molar-refractivity contribution in [2.45, 2.75) is 51.7 Å². The first-order valence-corrected chi connectivity index (χ1v) is 15.2. The highest BCUT2D eigenvalue weighted by atomic mass is 16.5. The number of hydrogen-bond donors (Lipinski definition) is 1. The predicted octanol–water partition coefficient (Wildman–Crippen LogP) is 7.93. The molecule has 1 aliphatic rings. The lowest BCUT2D eigenvalue weighted by atomic mass is 9.92. The van der Waals surface area contributed by atoms with E-state index >= 15 is 0 Å². The minimum absolute atomic E-state index is 0.219. The first kappa shape index (κ1) is 30.3. The molecule has 0 spiro atoms. The van der Waals surface area contributed by atoms with Crippen LogP contribution in [0.3, 0.4) is 0 Å². The number of carboxylic acids is 1. The second-order valence-corrected chi connectivity index (χ2v) is 10.9. The summed E-state index contributed by atoms with van der Waals surface area (Å²) in [6, 6.07) is 31.5. The van der Waals surface area contributed by atoms with Crippen LogP contribution in [0.2, 0.25) is 0 Å². The van der Waals surface area contributed by atoms with E-state index in [1.165, 1.54) is 38.9 Å². The summed E-state index contributed by atoms with van der Waals surface area (Å²) in [5.41, 5.74) is 9.45. The normalized spacial score (nSPS) is 14.4. The standard InChI is InChI=1S/C38H40O5/c1-3-8-27-14-20-34-32(24-27)17-16-31-15-11-30(23-28-9-6-5-7-10-28)25-35(31)37(34)43-22-21-42-33-18-12-29(13-19-33)26-36(38(39)40)41-4-2/h5-7,9-20,24-25,36-37H,3-4,8,21-23,26H2,1-2H3,(H,39,40). The third kappa shape index (κ3) is 8.01. The van der Waals surface area contributed by atoms with Gasteiger partial charge in [0.15, 0.2) is 6.10 Å². The summed E-state index contributed by atoms with van der Waals surface area (Å²) in [6.07, 6.45) is 6.69. The lowest BCUT2D eigenvalue weighted by molar-refractivity contribution is -0.149. The number of benzene rings is 4. The fourth-order valence-electron chi connectivity index (χ4n) is 5.60. The van der Waals surface area contributed by atoms with Crippen LogP contribution < -0.4 is 4.74 Å². The van der Waals surface area contributed by atoms with Crippen molar-refractivity contribution >= 4 is 18.1 Å². The molecule has 0 fully saturated rings. The predicted molar refractivity (Wildman–Crippen MR) is 172 cm³/mol. The molecular formula is C38H40O5. The molecule has 0 amide bonds. The topological polar surface area (TPSA) is 65.0 Å². The summed E-state index contributed by atoms with van der Waals surface area (Å²) in [4.78, 5) is 11.4. The molecule has 4 aromatic carbocycles. The zero-order valence-electron chi connectivity index (χ0n) is 25.0. The molecule has 43 heavy (non-hydrogen) atoms. The van der Waals surface area contributed by atoms with Crippen LogP contribution in [0.1, 0.15) is 70.9 Å². The highest BCUT2D eigenvalue weighted by molar-refractivity contribution is 5.76. The smallest absolute Gasteiger partial charge is 0.333 e. The number of aliphatic carboxylic acids is 1. The molecule has 2 unspecified atom stereocenters. The van der Waals surface area contributed by atoms with E-state index in [2.05, 4.69) is 79.7 Å². The van der Waals surface area contributed by atoms with E-state index in [9.17, 15) is 9.90 Å². The molecule has 1 N–H and O–H groups in total. The maximum Gasteiger partial charge on any atom is 0.333 e. The van der Waals surface area contributed by atoms with Crippen molar-refractivity contribution in [1.29, 1.82) is 0 Å². The molecule has 1 aliphatic carbocycles. The molecule has 0 heterocycles. The monoisotopic (exact) mass is 576 g/mol. The van der Waals surface area contributed by atoms with Gasteiger partial charge in [0.05, 0.1) is 6.61 Å². The Kier molecular flexibility index (Phi) is 10.4. The van der Waals surface area contributed by atoms with Crippen molar-refractivity contribution in [3.8, 4) is 5.75 Å². The van der Waals surface area contributed by atoms with Crippen molar-refractivity contribution in [3.05, 3.63) is 136 Å². The van der Waals surface area contributed by atoms with Gasteiger partial charge in [-0.15, -0.1) is 0 Å². The number of ether oxygens (including phenoxy) is 3. The van der Waals surface area contributed by atoms with E-state index in [0.717, 1.165) is 24.8 Å². The summed E-state index contributed by atoms with van der Waals surface area (Å²) < 4.78 is 18.0. The van der Waals surface area contributed by atoms with Crippen LogP contribution in [-0.4, -0.2) is 37.0 Å². The molecule has 4 aromatic rings. The maximum atomic E-state index is 11.4. The van der Waals surface area contributed by atoms with Crippen LogP contribution in [0.4, 0.5) is 0 Å². The van der Waals surface area contributed by atoms with Crippen LogP contribution in [0.15, 0.2) is 91.0 Å². The van der Waals surface area contributed by atoms with Crippen LogP contribution in [0.5, 0.6) is 5.75 Å². The quantitative estimate of drug-likeness (QED) is 0.154. The Morgan fingerprint density at radius 1 is 0.767 bits per heavy atom. The minimum Gasteiger partial charge on any atom is -0.491 e. The van der Waals surface area contributed by atoms with Gasteiger partial charge >= 0.3 is 5.97 Å². The number of carbonyl (C=O) groups is 1. The largest absolute Gasteiger partial charge is 0.491 e. The first-order chi connectivity index (χ1) is 21.0. The summed E-state index contributed by atoms with van der Waals surface area (Å²) in [6.45, 7) is 5.17. The molecule has 0 saturated heterocycles. The van der Waals surface area contributed by atoms with Crippen LogP contribution in [-0.2, 0) is 33.5 Å². The fourth-order valence-corrected chi connectivity index (χ4v) is 5.60. The molecule has 0 bridgehead atoms. The Bertz CT molecular complexity index is 1520. The average Bonchev–Trinajstić information content (AvgIpc) is 3.16. The van der Waals surface area contributed by atoms with Gasteiger partial charge in [-0.1, -0.05) is 104 Å². The van der Waals surface area contributed by atoms with Crippen molar-refractivity contribution in [2.24, 2.45) is 0 Å². The zero-order valence-corrected chi connectivity index (χ0v) is 25.0. The van der Waals surface area contributed by atoms with Gasteiger partial charge in [-0.05, 0) is 76.4 Å². The Morgan fingerprint density at radius 2 is 1.51 bits per heavy atom. The fraction of sp³-hybridized carbons (Fsp3) is 0.289. The van der Waals surface area contributed by atoms with Crippen molar-refractivity contribution in [3.63, 3.8) is 0 Å². The molecular weight excluding hydrogens is 536 g/mol. The summed E-state index contributed by atoms with van der Waals surface area (Å²) in [7, 11) is 0. The van der Waals surface area contributed by atoms with Crippen molar-refractivity contribution in [1.82, 2.24) is 0 Å². The summed E-state index contributed by atoms with van der Waals surface area (Å²) in [5.74, 6) is -0.238. The van der Waals surface area contributed by atoms with Gasteiger partial charge in [-0.3, -0.25) is 0 Å². The van der Waals surface area contributed by atoms with E-state index in [1.54, 1.807) is 6.92 Å². The lowest BCUT2D eigenvalue weighted by Crippen LogP contribution is -2.26. The number of carboxylic acid groups (broad SMARTS) is 1. The van der Waals surface area contributed by atoms with E-state index < -0.39 is 12.1 Å². The number of rotatable bonds is 14. The molecule has 5 nitrogen and oxygen atoms in total. The molecule has 2 atom stereocenters. The third-order valence-corrected chi connectivity index (χ3v) is 7.72. The highest BCUT2D eigenvalue weighted by Crippen LogP contribution is 2.37. The Morgan fingerprint density at radius 3 is 2.26 bits per heavy atom.